The van der Waals surface area contributed by atoms with Gasteiger partial charge in [0.05, 0.1) is 5.56 Å². The Balaban J connectivity index is -0.000000960. The zero-order chi connectivity index (χ0) is 32.6. The zero-order valence-corrected chi connectivity index (χ0v) is 26.4. The molecule has 53 heavy (non-hydrogen) atoms. The van der Waals surface area contributed by atoms with Gasteiger partial charge in [0.1, 0.15) is 17.4 Å². The van der Waals surface area contributed by atoms with Gasteiger partial charge in [-0.1, -0.05) is 145 Å². The highest BCUT2D eigenvalue weighted by Crippen LogP contribution is 2.31. The summed E-state index contributed by atoms with van der Waals surface area (Å²) >= 11 is 7.36. The van der Waals surface area contributed by atoms with Gasteiger partial charge in [-0.05, 0) is 59.6 Å². The Morgan fingerprint density at radius 3 is 1.75 bits per heavy atom. The van der Waals surface area contributed by atoms with E-state index >= 15 is 0 Å². The lowest BCUT2D eigenvalue weighted by atomic mass is 10.0. The van der Waals surface area contributed by atoms with Crippen LogP contribution in [0, 0.1) is 5.82 Å². The van der Waals surface area contributed by atoms with Crippen molar-refractivity contribution in [3.05, 3.63) is 117 Å². The summed E-state index contributed by atoms with van der Waals surface area (Å²) in [5, 5.41) is 0.203. The molecule has 0 N–H and O–H groups in total. The number of benzene rings is 3. The van der Waals surface area contributed by atoms with E-state index in [2.05, 4.69) is 9.88 Å². The Bertz CT molecular complexity index is 1630. The second kappa shape index (κ2) is 27.0. The maximum atomic E-state index is 13.8. The number of thioether (sulfide) groups is 1. The molecule has 1 amide bonds. The van der Waals surface area contributed by atoms with Crippen LogP contribution in [0.4, 0.5) is 17.6 Å². The topological polar surface area (TPSA) is 58.4 Å². The number of likely N-dealkylation sites (N-methyl/N-ethyl adjacent to an activating group) is 1. The number of carbonyl (C=O) groups excluding carboxylic acids is 1. The highest BCUT2D eigenvalue weighted by atomic mass is 35.5. The third-order valence-corrected chi connectivity index (χ3v) is 8.63. The first kappa shape index (κ1) is 58.6. The number of halogens is 5. The first-order valence-corrected chi connectivity index (χ1v) is 15.7. The standard InChI is InChI=1S/C33H33ClF4N4O2S.8CH4/c1-3-40(4-2)17-18-41(19-23-5-9-25(10-6-23)26-11-13-27(14-12-26)33(36,37)38)30(43)21-42-20-29(34)31(44)39-32(42)45-22-24-7-15-28(35)16-8-24;;;;;;;;/h5-16,20H,3-4,17-19,21-22H2,1-2H3;8*1H4. The van der Waals surface area contributed by atoms with E-state index in [0.29, 0.717) is 36.1 Å². The molecule has 1 aromatic heterocycles. The number of amides is 1. The fourth-order valence-corrected chi connectivity index (χ4v) is 5.70. The van der Waals surface area contributed by atoms with Crippen molar-refractivity contribution < 1.29 is 22.4 Å². The molecule has 4 rings (SSSR count). The maximum Gasteiger partial charge on any atom is 0.416 e. The second-order valence-electron chi connectivity index (χ2n) is 10.3. The van der Waals surface area contributed by atoms with E-state index in [1.54, 1.807) is 21.6 Å². The molecule has 6 nitrogen and oxygen atoms in total. The van der Waals surface area contributed by atoms with Gasteiger partial charge in [-0.3, -0.25) is 9.59 Å². The Morgan fingerprint density at radius 2 is 1.26 bits per heavy atom. The smallest absolute Gasteiger partial charge is 0.336 e. The Hall–Kier alpha value is -3.67. The van der Waals surface area contributed by atoms with Crippen LogP contribution in [-0.4, -0.2) is 51.4 Å². The molecule has 0 spiro atoms. The number of aromatic nitrogens is 2. The number of hydrogen-bond donors (Lipinski definition) is 0. The van der Waals surface area contributed by atoms with Crippen LogP contribution < -0.4 is 5.56 Å². The van der Waals surface area contributed by atoms with E-state index in [-0.39, 0.29) is 82.7 Å². The van der Waals surface area contributed by atoms with Crippen LogP contribution in [0.3, 0.4) is 0 Å². The first-order valence-electron chi connectivity index (χ1n) is 14.4. The van der Waals surface area contributed by atoms with Gasteiger partial charge in [0.25, 0.3) is 5.56 Å². The molecule has 0 saturated carbocycles. The van der Waals surface area contributed by atoms with Crippen molar-refractivity contribution in [2.45, 2.75) is 103 Å². The molecule has 0 saturated heterocycles. The Kier molecular flexibility index (Phi) is 29.9. The van der Waals surface area contributed by atoms with E-state index in [9.17, 15) is 27.2 Å². The molecule has 0 bridgehead atoms. The van der Waals surface area contributed by atoms with E-state index < -0.39 is 17.3 Å². The summed E-state index contributed by atoms with van der Waals surface area (Å²) in [6.45, 7) is 7.03. The molecular weight excluding hydrogens is 724 g/mol. The molecule has 0 atom stereocenters. The Labute approximate surface area is 327 Å². The van der Waals surface area contributed by atoms with Crippen molar-refractivity contribution in [2.24, 2.45) is 0 Å². The summed E-state index contributed by atoms with van der Waals surface area (Å²) in [5.41, 5.74) is 1.77. The Morgan fingerprint density at radius 1 is 0.774 bits per heavy atom. The van der Waals surface area contributed by atoms with Gasteiger partial charge in [0.2, 0.25) is 5.91 Å². The lowest BCUT2D eigenvalue weighted by Gasteiger charge is -2.27. The van der Waals surface area contributed by atoms with Crippen molar-refractivity contribution in [3.63, 3.8) is 0 Å². The average molecular weight is 790 g/mol. The lowest BCUT2D eigenvalue weighted by Crippen LogP contribution is -2.40. The van der Waals surface area contributed by atoms with E-state index in [0.717, 1.165) is 41.9 Å². The van der Waals surface area contributed by atoms with Crippen LogP contribution in [-0.2, 0) is 29.8 Å². The number of alkyl halides is 3. The summed E-state index contributed by atoms with van der Waals surface area (Å²) in [7, 11) is 0. The van der Waals surface area contributed by atoms with Crippen LogP contribution in [0.1, 0.15) is 90.0 Å². The van der Waals surface area contributed by atoms with Gasteiger partial charge in [-0.25, -0.2) is 4.39 Å². The summed E-state index contributed by atoms with van der Waals surface area (Å²) in [5.74, 6) is -0.159. The van der Waals surface area contributed by atoms with Crippen molar-refractivity contribution in [3.8, 4) is 11.1 Å². The molecule has 0 unspecified atom stereocenters. The molecule has 4 aromatic rings. The van der Waals surface area contributed by atoms with Crippen molar-refractivity contribution in [1.29, 1.82) is 0 Å². The third kappa shape index (κ3) is 16.9. The molecule has 302 valence electrons. The van der Waals surface area contributed by atoms with Gasteiger partial charge in [0.15, 0.2) is 5.16 Å². The minimum Gasteiger partial charge on any atom is -0.336 e. The minimum absolute atomic E-state index is 0. The predicted molar refractivity (Wildman–Crippen MR) is 223 cm³/mol. The normalized spacial score (nSPS) is 9.89. The summed E-state index contributed by atoms with van der Waals surface area (Å²) in [4.78, 5) is 34.1. The average Bonchev–Trinajstić information content (AvgIpc) is 3.02. The third-order valence-electron chi connectivity index (χ3n) is 7.31. The van der Waals surface area contributed by atoms with Gasteiger partial charge in [-0.2, -0.15) is 18.2 Å². The molecule has 0 aliphatic carbocycles. The van der Waals surface area contributed by atoms with Crippen molar-refractivity contribution in [1.82, 2.24) is 19.4 Å². The van der Waals surface area contributed by atoms with Gasteiger partial charge < -0.3 is 14.4 Å². The number of hydrogen-bond acceptors (Lipinski definition) is 5. The number of rotatable bonds is 13. The van der Waals surface area contributed by atoms with E-state index in [4.69, 9.17) is 11.6 Å². The van der Waals surface area contributed by atoms with Crippen molar-refractivity contribution in [2.75, 3.05) is 26.2 Å². The highest BCUT2D eigenvalue weighted by Gasteiger charge is 2.30. The van der Waals surface area contributed by atoms with E-state index in [1.807, 2.05) is 38.1 Å². The molecule has 12 heteroatoms. The molecule has 1 heterocycles. The predicted octanol–water partition coefficient (Wildman–Crippen LogP) is 12.5. The van der Waals surface area contributed by atoms with Crippen LogP contribution in [0.2, 0.25) is 5.02 Å². The summed E-state index contributed by atoms with van der Waals surface area (Å²) in [6, 6.07) is 18.3. The maximum absolute atomic E-state index is 13.8. The SMILES string of the molecule is C.C.C.C.C.C.C.C.CCN(CC)CCN(Cc1ccc(-c2ccc(C(F)(F)F)cc2)cc1)C(=O)Cn1cc(Cl)c(=O)nc1SCc1ccc(F)cc1. The van der Waals surface area contributed by atoms with E-state index in [1.165, 1.54) is 42.2 Å². The second-order valence-corrected chi connectivity index (χ2v) is 11.7. The van der Waals surface area contributed by atoms with Crippen LogP contribution in [0.15, 0.2) is 88.9 Å². The van der Waals surface area contributed by atoms with Crippen LogP contribution >= 0.6 is 23.4 Å². The summed E-state index contributed by atoms with van der Waals surface area (Å²) in [6.07, 6.45) is -2.99. The molecule has 3 aromatic carbocycles. The largest absolute Gasteiger partial charge is 0.416 e. The number of carbonyl (C=O) groups is 1. The number of nitrogens with zero attached hydrogens (tertiary/aromatic N) is 4. The van der Waals surface area contributed by atoms with Crippen LogP contribution in [0.25, 0.3) is 11.1 Å². The molecular formula is C41H65ClF4N4O2S. The fourth-order valence-electron chi connectivity index (χ4n) is 4.62. The van der Waals surface area contributed by atoms with Crippen molar-refractivity contribution >= 4 is 29.3 Å². The van der Waals surface area contributed by atoms with Gasteiger partial charge >= 0.3 is 6.18 Å². The molecule has 0 aliphatic rings. The van der Waals surface area contributed by atoms with Crippen LogP contribution in [0.5, 0.6) is 0 Å². The molecule has 0 radical (unpaired) electrons. The zero-order valence-electron chi connectivity index (χ0n) is 24.9. The quantitative estimate of drug-likeness (QED) is 0.0767. The minimum atomic E-state index is -4.40. The first-order chi connectivity index (χ1) is 21.5. The fraction of sp³-hybridized carbons (Fsp3) is 0.439. The summed E-state index contributed by atoms with van der Waals surface area (Å²) < 4.78 is 53.8. The molecule has 0 fully saturated rings. The highest BCUT2D eigenvalue weighted by molar-refractivity contribution is 7.98. The lowest BCUT2D eigenvalue weighted by molar-refractivity contribution is -0.137. The van der Waals surface area contributed by atoms with Gasteiger partial charge in [-0.15, -0.1) is 0 Å². The van der Waals surface area contributed by atoms with Gasteiger partial charge in [0, 0.05) is 31.6 Å². The monoisotopic (exact) mass is 788 g/mol. The molecule has 0 aliphatic heterocycles.